The van der Waals surface area contributed by atoms with Gasteiger partial charge in [-0.05, 0) is 36.8 Å². The Bertz CT molecular complexity index is 1190. The molecule has 1 aliphatic heterocycles. The number of pyridine rings is 2. The van der Waals surface area contributed by atoms with Crippen molar-refractivity contribution >= 4 is 23.6 Å². The number of aliphatic hydroxyl groups excluding tert-OH is 1. The Morgan fingerprint density at radius 2 is 1.67 bits per heavy atom. The maximum atomic E-state index is 13.0. The Hall–Kier alpha value is -4.42. The molecule has 1 amide bonds. The molecule has 0 aliphatic carbocycles. The van der Waals surface area contributed by atoms with E-state index < -0.39 is 17.7 Å². The highest BCUT2D eigenvalue weighted by Gasteiger charge is 2.45. The number of benzene rings is 1. The molecule has 0 bridgehead atoms. The largest absolute Gasteiger partial charge is 0.507 e. The molecule has 0 saturated carbocycles. The molecular weight excluding hydrogens is 422 g/mol. The first-order valence-corrected chi connectivity index (χ1v) is 10.1. The van der Waals surface area contributed by atoms with Gasteiger partial charge in [0.25, 0.3) is 11.7 Å². The molecule has 1 atom stereocenters. The zero-order valence-electron chi connectivity index (χ0n) is 17.8. The zero-order valence-corrected chi connectivity index (χ0v) is 17.8. The maximum Gasteiger partial charge on any atom is 0.373 e. The molecule has 1 aromatic carbocycles. The zero-order chi connectivity index (χ0) is 23.8. The van der Waals surface area contributed by atoms with Crippen LogP contribution in [0.4, 0.5) is 0 Å². The second kappa shape index (κ2) is 10.7. The molecule has 1 N–H and O–H groups in total. The molecule has 3 aromatic rings. The molecule has 4 rings (SSSR count). The average Bonchev–Trinajstić information content (AvgIpc) is 3.09. The summed E-state index contributed by atoms with van der Waals surface area (Å²) in [6.45, 7) is 2.28. The number of ketones is 1. The summed E-state index contributed by atoms with van der Waals surface area (Å²) < 4.78 is 0. The Balaban J connectivity index is 0.000000968. The van der Waals surface area contributed by atoms with Crippen molar-refractivity contribution < 1.29 is 24.3 Å². The van der Waals surface area contributed by atoms with Crippen LogP contribution in [0.5, 0.6) is 0 Å². The number of hydrogen-bond acceptors (Lipinski definition) is 7. The molecule has 3 heterocycles. The number of aromatic nitrogens is 2. The second-order valence-corrected chi connectivity index (χ2v) is 7.29. The standard InChI is InChI=1S/C24H21N3O3.CO2/c1-16-5-7-17(8-6-16)21-20(22(28)18-9-13-25-14-10-18)23(29)24(30)27(21)15-11-19-4-2-3-12-26-19;2-1-3/h2-10,12-14,21,28H,11,15H2,1H3;. The van der Waals surface area contributed by atoms with Crippen molar-refractivity contribution in [3.63, 3.8) is 0 Å². The highest BCUT2D eigenvalue weighted by Crippen LogP contribution is 2.39. The van der Waals surface area contributed by atoms with E-state index in [9.17, 15) is 14.7 Å². The summed E-state index contributed by atoms with van der Waals surface area (Å²) in [5.74, 6) is -1.50. The van der Waals surface area contributed by atoms with Gasteiger partial charge in [-0.15, -0.1) is 0 Å². The lowest BCUT2D eigenvalue weighted by Crippen LogP contribution is -2.31. The van der Waals surface area contributed by atoms with E-state index in [4.69, 9.17) is 9.59 Å². The summed E-state index contributed by atoms with van der Waals surface area (Å²) in [6.07, 6.45) is 5.52. The van der Waals surface area contributed by atoms with E-state index in [1.54, 1.807) is 18.3 Å². The van der Waals surface area contributed by atoms with Crippen LogP contribution in [0.25, 0.3) is 5.76 Å². The van der Waals surface area contributed by atoms with Crippen LogP contribution < -0.4 is 0 Å². The Morgan fingerprint density at radius 1 is 1.00 bits per heavy atom. The summed E-state index contributed by atoms with van der Waals surface area (Å²) in [7, 11) is 0. The SMILES string of the molecule is Cc1ccc(C2C(=C(O)c3ccncc3)C(=O)C(=O)N2CCc2ccccn2)cc1.O=C=O. The molecule has 0 spiro atoms. The van der Waals surface area contributed by atoms with Crippen molar-refractivity contribution in [2.75, 3.05) is 6.54 Å². The van der Waals surface area contributed by atoms with Gasteiger partial charge in [0.15, 0.2) is 0 Å². The highest BCUT2D eigenvalue weighted by molar-refractivity contribution is 6.46. The fourth-order valence-electron chi connectivity index (χ4n) is 3.65. The summed E-state index contributed by atoms with van der Waals surface area (Å²) in [4.78, 5) is 51.9. The van der Waals surface area contributed by atoms with Gasteiger partial charge in [-0.25, -0.2) is 0 Å². The molecule has 166 valence electrons. The molecule has 8 nitrogen and oxygen atoms in total. The fraction of sp³-hybridized carbons (Fsp3) is 0.160. The van der Waals surface area contributed by atoms with Crippen molar-refractivity contribution in [3.8, 4) is 0 Å². The molecule has 0 radical (unpaired) electrons. The Kier molecular flexibility index (Phi) is 7.57. The van der Waals surface area contributed by atoms with Crippen LogP contribution in [0.15, 0.2) is 78.8 Å². The number of carbonyl (C=O) groups is 2. The third-order valence-electron chi connectivity index (χ3n) is 5.22. The summed E-state index contributed by atoms with van der Waals surface area (Å²) >= 11 is 0. The quantitative estimate of drug-likeness (QED) is 0.366. The lowest BCUT2D eigenvalue weighted by atomic mass is 9.95. The van der Waals surface area contributed by atoms with Gasteiger partial charge in [0.05, 0.1) is 11.6 Å². The Labute approximate surface area is 190 Å². The minimum atomic E-state index is -0.684. The van der Waals surface area contributed by atoms with E-state index in [1.165, 1.54) is 17.3 Å². The first-order chi connectivity index (χ1) is 16.0. The Morgan fingerprint density at radius 3 is 2.27 bits per heavy atom. The molecule has 1 unspecified atom stereocenters. The molecule has 1 fully saturated rings. The second-order valence-electron chi connectivity index (χ2n) is 7.29. The number of aliphatic hydroxyl groups is 1. The molecule has 1 saturated heterocycles. The predicted octanol–water partition coefficient (Wildman–Crippen LogP) is 2.87. The van der Waals surface area contributed by atoms with Crippen LogP contribution in [0.1, 0.15) is 28.4 Å². The van der Waals surface area contributed by atoms with Crippen molar-refractivity contribution in [1.82, 2.24) is 14.9 Å². The lowest BCUT2D eigenvalue weighted by Gasteiger charge is -2.25. The molecular formula is C25H21N3O5. The predicted molar refractivity (Wildman–Crippen MR) is 117 cm³/mol. The van der Waals surface area contributed by atoms with Gasteiger partial charge in [-0.1, -0.05) is 35.9 Å². The van der Waals surface area contributed by atoms with E-state index in [2.05, 4.69) is 9.97 Å². The summed E-state index contributed by atoms with van der Waals surface area (Å²) in [5.41, 5.74) is 3.21. The third-order valence-corrected chi connectivity index (χ3v) is 5.22. The number of nitrogens with zero attached hydrogens (tertiary/aromatic N) is 3. The van der Waals surface area contributed by atoms with E-state index in [-0.39, 0.29) is 17.5 Å². The van der Waals surface area contributed by atoms with Gasteiger partial charge >= 0.3 is 6.15 Å². The molecule has 8 heteroatoms. The van der Waals surface area contributed by atoms with Crippen molar-refractivity contribution in [1.29, 1.82) is 0 Å². The number of hydrogen-bond donors (Lipinski definition) is 1. The van der Waals surface area contributed by atoms with Gasteiger partial charge in [0.2, 0.25) is 0 Å². The van der Waals surface area contributed by atoms with Gasteiger partial charge < -0.3 is 10.0 Å². The maximum absolute atomic E-state index is 13.0. The fourth-order valence-corrected chi connectivity index (χ4v) is 3.65. The van der Waals surface area contributed by atoms with Crippen LogP contribution in [0, 0.1) is 6.92 Å². The minimum Gasteiger partial charge on any atom is -0.507 e. The average molecular weight is 443 g/mol. The van der Waals surface area contributed by atoms with Crippen LogP contribution in [0.2, 0.25) is 0 Å². The minimum absolute atomic E-state index is 0.0936. The first kappa shape index (κ1) is 23.2. The number of likely N-dealkylation sites (tertiary alicyclic amines) is 1. The molecule has 1 aliphatic rings. The summed E-state index contributed by atoms with van der Waals surface area (Å²) in [5, 5.41) is 10.9. The number of Topliss-reactive ketones (excluding diaryl/α,β-unsaturated/α-hetero) is 1. The smallest absolute Gasteiger partial charge is 0.373 e. The topological polar surface area (TPSA) is 118 Å². The third kappa shape index (κ3) is 5.26. The van der Waals surface area contributed by atoms with E-state index in [0.29, 0.717) is 18.5 Å². The van der Waals surface area contributed by atoms with Gasteiger partial charge in [0, 0.05) is 42.8 Å². The number of amides is 1. The normalized spacial score (nSPS) is 16.6. The van der Waals surface area contributed by atoms with E-state index in [0.717, 1.165) is 16.8 Å². The van der Waals surface area contributed by atoms with Crippen molar-refractivity contribution in [2.45, 2.75) is 19.4 Å². The van der Waals surface area contributed by atoms with Gasteiger partial charge in [0.1, 0.15) is 5.76 Å². The van der Waals surface area contributed by atoms with Crippen LogP contribution in [-0.4, -0.2) is 44.4 Å². The van der Waals surface area contributed by atoms with Crippen LogP contribution in [0.3, 0.4) is 0 Å². The van der Waals surface area contributed by atoms with Gasteiger partial charge in [-0.2, -0.15) is 9.59 Å². The van der Waals surface area contributed by atoms with Crippen LogP contribution in [-0.2, 0) is 25.6 Å². The van der Waals surface area contributed by atoms with Gasteiger partial charge in [-0.3, -0.25) is 19.6 Å². The van der Waals surface area contributed by atoms with Crippen LogP contribution >= 0.6 is 0 Å². The molecule has 2 aromatic heterocycles. The first-order valence-electron chi connectivity index (χ1n) is 10.1. The number of aryl methyl sites for hydroxylation is 1. The lowest BCUT2D eigenvalue weighted by molar-refractivity contribution is -0.191. The van der Waals surface area contributed by atoms with Crippen molar-refractivity contribution in [3.05, 3.63) is 101 Å². The van der Waals surface area contributed by atoms with Crippen molar-refractivity contribution in [2.24, 2.45) is 0 Å². The highest BCUT2D eigenvalue weighted by atomic mass is 16.3. The van der Waals surface area contributed by atoms with E-state index >= 15 is 0 Å². The summed E-state index contributed by atoms with van der Waals surface area (Å²) in [6, 6.07) is 15.8. The number of carbonyl (C=O) groups excluding carboxylic acids is 4. The monoisotopic (exact) mass is 443 g/mol. The number of rotatable bonds is 5. The molecule has 33 heavy (non-hydrogen) atoms. The van der Waals surface area contributed by atoms with E-state index in [1.807, 2.05) is 49.4 Å².